The van der Waals surface area contributed by atoms with Crippen LogP contribution in [0.25, 0.3) is 0 Å². The lowest BCUT2D eigenvalue weighted by Gasteiger charge is -2.14. The van der Waals surface area contributed by atoms with E-state index in [1.807, 2.05) is 6.92 Å². The van der Waals surface area contributed by atoms with E-state index in [4.69, 9.17) is 4.74 Å². The fourth-order valence-electron chi connectivity index (χ4n) is 2.18. The van der Waals surface area contributed by atoms with Crippen molar-refractivity contribution in [3.63, 3.8) is 0 Å². The van der Waals surface area contributed by atoms with E-state index in [-0.39, 0.29) is 16.3 Å². The summed E-state index contributed by atoms with van der Waals surface area (Å²) >= 11 is 0. The number of hydrogen-bond donors (Lipinski definition) is 2. The van der Waals surface area contributed by atoms with Gasteiger partial charge in [0, 0.05) is 17.8 Å². The van der Waals surface area contributed by atoms with Gasteiger partial charge < -0.3 is 10.1 Å². The van der Waals surface area contributed by atoms with Gasteiger partial charge in [-0.15, -0.1) is 0 Å². The van der Waals surface area contributed by atoms with Crippen LogP contribution in [0.15, 0.2) is 53.4 Å². The summed E-state index contributed by atoms with van der Waals surface area (Å²) < 4.78 is 32.3. The van der Waals surface area contributed by atoms with Crippen molar-refractivity contribution in [3.8, 4) is 5.75 Å². The third kappa shape index (κ3) is 5.50. The number of non-ortho nitro benzene ring substituents is 1. The second kappa shape index (κ2) is 8.60. The molecule has 27 heavy (non-hydrogen) atoms. The number of nitrogens with one attached hydrogen (secondary N) is 2. The number of rotatable bonds is 8. The van der Waals surface area contributed by atoms with Crippen molar-refractivity contribution in [2.45, 2.75) is 24.8 Å². The molecule has 2 rings (SSSR count). The molecular weight excluding hydrogens is 374 g/mol. The first-order valence-corrected chi connectivity index (χ1v) is 9.51. The van der Waals surface area contributed by atoms with Crippen molar-refractivity contribution in [2.75, 3.05) is 11.9 Å². The Balaban J connectivity index is 2.06. The van der Waals surface area contributed by atoms with Crippen molar-refractivity contribution >= 4 is 27.3 Å². The number of nitro benzene ring substituents is 1. The lowest BCUT2D eigenvalue weighted by molar-refractivity contribution is -0.384. The maximum Gasteiger partial charge on any atom is 0.271 e. The lowest BCUT2D eigenvalue weighted by atomic mass is 10.2. The van der Waals surface area contributed by atoms with Gasteiger partial charge in [0.05, 0.1) is 22.5 Å². The van der Waals surface area contributed by atoms with E-state index >= 15 is 0 Å². The minimum absolute atomic E-state index is 0.0130. The van der Waals surface area contributed by atoms with Crippen LogP contribution >= 0.6 is 0 Å². The summed E-state index contributed by atoms with van der Waals surface area (Å²) in [5.74, 6) is -0.113. The Morgan fingerprint density at radius 3 is 2.48 bits per heavy atom. The topological polar surface area (TPSA) is 128 Å². The van der Waals surface area contributed by atoms with Gasteiger partial charge in [0.25, 0.3) is 5.69 Å². The number of hydrogen-bond acceptors (Lipinski definition) is 6. The Labute approximate surface area is 156 Å². The van der Waals surface area contributed by atoms with Gasteiger partial charge in [-0.05, 0) is 44.2 Å². The molecule has 0 fully saturated rings. The number of carbonyl (C=O) groups is 1. The summed E-state index contributed by atoms with van der Waals surface area (Å²) in [5, 5.41) is 13.2. The normalized spacial score (nSPS) is 12.2. The average molecular weight is 393 g/mol. The van der Waals surface area contributed by atoms with Crippen molar-refractivity contribution in [1.82, 2.24) is 4.72 Å². The summed E-state index contributed by atoms with van der Waals surface area (Å²) in [4.78, 5) is 22.4. The van der Waals surface area contributed by atoms with Gasteiger partial charge in [-0.25, -0.2) is 8.42 Å². The van der Waals surface area contributed by atoms with Crippen molar-refractivity contribution in [3.05, 3.63) is 58.6 Å². The van der Waals surface area contributed by atoms with Crippen LogP contribution in [0.2, 0.25) is 0 Å². The van der Waals surface area contributed by atoms with Crippen LogP contribution in [0.3, 0.4) is 0 Å². The van der Waals surface area contributed by atoms with Gasteiger partial charge in [-0.1, -0.05) is 6.07 Å². The zero-order chi connectivity index (χ0) is 20.0. The van der Waals surface area contributed by atoms with Gasteiger partial charge in [0.1, 0.15) is 5.75 Å². The molecule has 0 aliphatic carbocycles. The monoisotopic (exact) mass is 393 g/mol. The van der Waals surface area contributed by atoms with Crippen molar-refractivity contribution in [1.29, 1.82) is 0 Å². The molecule has 0 saturated carbocycles. The standard InChI is InChI=1S/C17H19N3O6S/c1-3-26-15-7-9-16(10-8-15)27(24,25)19-12(2)17(21)18-13-5-4-6-14(11-13)20(22)23/h4-12,19H,3H2,1-2H3,(H,18,21)/t12-/m0/s1. The largest absolute Gasteiger partial charge is 0.494 e. The number of benzene rings is 2. The second-order valence-corrected chi connectivity index (χ2v) is 7.26. The van der Waals surface area contributed by atoms with Crippen LogP contribution < -0.4 is 14.8 Å². The Morgan fingerprint density at radius 2 is 1.89 bits per heavy atom. The van der Waals surface area contributed by atoms with Gasteiger partial charge in [0.15, 0.2) is 0 Å². The summed E-state index contributed by atoms with van der Waals surface area (Å²) in [6.45, 7) is 3.64. The first-order valence-electron chi connectivity index (χ1n) is 8.03. The van der Waals surface area contributed by atoms with E-state index in [9.17, 15) is 23.3 Å². The van der Waals surface area contributed by atoms with Gasteiger partial charge in [-0.2, -0.15) is 4.72 Å². The predicted molar refractivity (Wildman–Crippen MR) is 99.1 cm³/mol. The summed E-state index contributed by atoms with van der Waals surface area (Å²) in [6, 6.07) is 10.1. The van der Waals surface area contributed by atoms with Gasteiger partial charge in [0.2, 0.25) is 15.9 Å². The minimum Gasteiger partial charge on any atom is -0.494 e. The number of amides is 1. The third-order valence-electron chi connectivity index (χ3n) is 3.49. The van der Waals surface area contributed by atoms with Gasteiger partial charge >= 0.3 is 0 Å². The average Bonchev–Trinajstić information content (AvgIpc) is 2.62. The Kier molecular flexibility index (Phi) is 6.48. The molecule has 0 saturated heterocycles. The minimum atomic E-state index is -3.92. The predicted octanol–water partition coefficient (Wildman–Crippen LogP) is 2.30. The van der Waals surface area contributed by atoms with Crippen LogP contribution in [0.5, 0.6) is 5.75 Å². The number of sulfonamides is 1. The highest BCUT2D eigenvalue weighted by Gasteiger charge is 2.22. The molecule has 0 aliphatic heterocycles. The molecule has 2 aromatic rings. The van der Waals surface area contributed by atoms with Crippen LogP contribution in [0.1, 0.15) is 13.8 Å². The maximum absolute atomic E-state index is 12.4. The van der Waals surface area contributed by atoms with E-state index in [1.54, 1.807) is 0 Å². The summed E-state index contributed by atoms with van der Waals surface area (Å²) in [7, 11) is -3.92. The Hall–Kier alpha value is -2.98. The van der Waals surface area contributed by atoms with Crippen molar-refractivity contribution in [2.24, 2.45) is 0 Å². The van der Waals surface area contributed by atoms with Crippen LogP contribution in [0, 0.1) is 10.1 Å². The number of carbonyl (C=O) groups excluding carboxylic acids is 1. The van der Waals surface area contributed by atoms with Crippen molar-refractivity contribution < 1.29 is 22.9 Å². The molecule has 2 N–H and O–H groups in total. The molecule has 10 heteroatoms. The Bertz CT molecular complexity index is 928. The number of nitrogens with zero attached hydrogens (tertiary/aromatic N) is 1. The molecule has 0 radical (unpaired) electrons. The van der Waals surface area contributed by atoms with E-state index < -0.39 is 26.9 Å². The first kappa shape index (κ1) is 20.3. The molecule has 0 bridgehead atoms. The van der Waals surface area contributed by atoms with Crippen LogP contribution in [0.4, 0.5) is 11.4 Å². The first-order chi connectivity index (χ1) is 12.7. The summed E-state index contributed by atoms with van der Waals surface area (Å²) in [5.41, 5.74) is 0.0109. The molecule has 2 aromatic carbocycles. The number of nitro groups is 1. The molecule has 0 heterocycles. The smallest absolute Gasteiger partial charge is 0.271 e. The molecule has 0 aromatic heterocycles. The second-order valence-electron chi connectivity index (χ2n) is 5.54. The zero-order valence-electron chi connectivity index (χ0n) is 14.7. The third-order valence-corrected chi connectivity index (χ3v) is 5.05. The Morgan fingerprint density at radius 1 is 1.22 bits per heavy atom. The SMILES string of the molecule is CCOc1ccc(S(=O)(=O)N[C@@H](C)C(=O)Nc2cccc([N+](=O)[O-])c2)cc1. The fourth-order valence-corrected chi connectivity index (χ4v) is 3.39. The number of anilines is 1. The van der Waals surface area contributed by atoms with E-state index in [0.717, 1.165) is 0 Å². The maximum atomic E-state index is 12.4. The number of ether oxygens (including phenoxy) is 1. The molecular formula is C17H19N3O6S. The highest BCUT2D eigenvalue weighted by Crippen LogP contribution is 2.18. The molecule has 0 unspecified atom stereocenters. The zero-order valence-corrected chi connectivity index (χ0v) is 15.5. The molecule has 0 spiro atoms. The molecule has 9 nitrogen and oxygen atoms in total. The molecule has 1 amide bonds. The fraction of sp³-hybridized carbons (Fsp3) is 0.235. The molecule has 1 atom stereocenters. The van der Waals surface area contributed by atoms with Gasteiger partial charge in [-0.3, -0.25) is 14.9 Å². The van der Waals surface area contributed by atoms with Crippen LogP contribution in [-0.4, -0.2) is 31.9 Å². The van der Waals surface area contributed by atoms with E-state index in [1.165, 1.54) is 55.5 Å². The van der Waals surface area contributed by atoms with E-state index in [2.05, 4.69) is 10.0 Å². The molecule has 144 valence electrons. The lowest BCUT2D eigenvalue weighted by Crippen LogP contribution is -2.41. The van der Waals surface area contributed by atoms with Crippen LogP contribution in [-0.2, 0) is 14.8 Å². The molecule has 0 aliphatic rings. The highest BCUT2D eigenvalue weighted by atomic mass is 32.2. The highest BCUT2D eigenvalue weighted by molar-refractivity contribution is 7.89. The van der Waals surface area contributed by atoms with E-state index in [0.29, 0.717) is 12.4 Å². The summed E-state index contributed by atoms with van der Waals surface area (Å²) in [6.07, 6.45) is 0. The quantitative estimate of drug-likeness (QED) is 0.523.